The fourth-order valence-electron chi connectivity index (χ4n) is 3.01. The quantitative estimate of drug-likeness (QED) is 0.646. The van der Waals surface area contributed by atoms with Gasteiger partial charge in [-0.25, -0.2) is 4.39 Å². The average Bonchev–Trinajstić information content (AvgIpc) is 2.02. The van der Waals surface area contributed by atoms with Crippen LogP contribution in [0.25, 0.3) is 0 Å². The summed E-state index contributed by atoms with van der Waals surface area (Å²) in [5.41, 5.74) is 5.01. The van der Waals surface area contributed by atoms with Crippen LogP contribution < -0.4 is 11.1 Å². The van der Waals surface area contributed by atoms with Crippen LogP contribution in [0.3, 0.4) is 0 Å². The molecule has 0 radical (unpaired) electrons. The lowest BCUT2D eigenvalue weighted by atomic mass is 9.59. The Labute approximate surface area is 79.1 Å². The second-order valence-corrected chi connectivity index (χ2v) is 5.02. The van der Waals surface area contributed by atoms with Crippen molar-refractivity contribution in [3.8, 4) is 0 Å². The molecule has 0 amide bonds. The molecule has 76 valence electrons. The predicted molar refractivity (Wildman–Crippen MR) is 51.3 cm³/mol. The first-order chi connectivity index (χ1) is 6.02. The van der Waals surface area contributed by atoms with Gasteiger partial charge in [-0.15, -0.1) is 0 Å². The van der Waals surface area contributed by atoms with Gasteiger partial charge in [-0.2, -0.15) is 0 Å². The topological polar surface area (TPSA) is 38.0 Å². The Kier molecular flexibility index (Phi) is 2.11. The van der Waals surface area contributed by atoms with E-state index in [0.717, 1.165) is 25.9 Å². The van der Waals surface area contributed by atoms with E-state index in [9.17, 15) is 4.39 Å². The van der Waals surface area contributed by atoms with Crippen molar-refractivity contribution in [1.29, 1.82) is 0 Å². The van der Waals surface area contributed by atoms with Crippen molar-refractivity contribution >= 4 is 0 Å². The number of halogens is 1. The van der Waals surface area contributed by atoms with Crippen molar-refractivity contribution in [2.24, 2.45) is 11.7 Å². The molecule has 2 nitrogen and oxygen atoms in total. The van der Waals surface area contributed by atoms with Gasteiger partial charge in [-0.3, -0.25) is 0 Å². The lowest BCUT2D eigenvalue weighted by molar-refractivity contribution is -0.0354. The van der Waals surface area contributed by atoms with Crippen molar-refractivity contribution in [3.63, 3.8) is 0 Å². The molecule has 0 aromatic rings. The highest BCUT2D eigenvalue weighted by molar-refractivity contribution is 5.10. The maximum absolute atomic E-state index is 13.4. The van der Waals surface area contributed by atoms with Gasteiger partial charge in [0, 0.05) is 5.54 Å². The molecule has 0 aromatic carbocycles. The molecule has 13 heavy (non-hydrogen) atoms. The van der Waals surface area contributed by atoms with E-state index >= 15 is 0 Å². The number of alkyl halides is 1. The molecule has 0 spiro atoms. The monoisotopic (exact) mass is 186 g/mol. The maximum Gasteiger partial charge on any atom is 0.111 e. The molecule has 0 atom stereocenters. The number of nitrogens with two attached hydrogens (primary N) is 1. The molecule has 1 aliphatic heterocycles. The highest BCUT2D eigenvalue weighted by atomic mass is 19.1. The minimum absolute atomic E-state index is 0.189. The van der Waals surface area contributed by atoms with Crippen molar-refractivity contribution < 1.29 is 4.39 Å². The first-order valence-electron chi connectivity index (χ1n) is 5.20. The normalized spacial score (nSPS) is 47.3. The molecule has 1 saturated carbocycles. The highest BCUT2D eigenvalue weighted by Crippen LogP contribution is 2.48. The molecule has 2 rings (SSSR count). The second kappa shape index (κ2) is 2.92. The summed E-state index contributed by atoms with van der Waals surface area (Å²) in [6.45, 7) is 3.76. The van der Waals surface area contributed by atoms with Gasteiger partial charge in [-0.1, -0.05) is 0 Å². The van der Waals surface area contributed by atoms with Gasteiger partial charge in [0.1, 0.15) is 5.67 Å². The Balaban J connectivity index is 1.93. The van der Waals surface area contributed by atoms with E-state index < -0.39 is 5.67 Å². The van der Waals surface area contributed by atoms with Gasteiger partial charge >= 0.3 is 0 Å². The van der Waals surface area contributed by atoms with E-state index in [1.807, 2.05) is 0 Å². The van der Waals surface area contributed by atoms with Crippen LogP contribution in [0.4, 0.5) is 4.39 Å². The number of piperidine rings is 1. The molecule has 0 aromatic heterocycles. The first kappa shape index (κ1) is 9.41. The maximum atomic E-state index is 13.4. The molecule has 1 saturated heterocycles. The summed E-state index contributed by atoms with van der Waals surface area (Å²) in [6, 6.07) is 0. The summed E-state index contributed by atoms with van der Waals surface area (Å²) in [7, 11) is 0. The Hall–Kier alpha value is -0.150. The smallest absolute Gasteiger partial charge is 0.111 e. The Morgan fingerprint density at radius 3 is 2.31 bits per heavy atom. The van der Waals surface area contributed by atoms with Crippen LogP contribution in [0, 0.1) is 5.92 Å². The number of rotatable bonds is 1. The molecule has 3 heteroatoms. The van der Waals surface area contributed by atoms with Gasteiger partial charge in [0.2, 0.25) is 0 Å². The Morgan fingerprint density at radius 2 is 1.85 bits per heavy atom. The Morgan fingerprint density at radius 1 is 1.31 bits per heavy atom. The van der Waals surface area contributed by atoms with Gasteiger partial charge in [0.15, 0.2) is 0 Å². The minimum atomic E-state index is -0.986. The molecule has 2 aliphatic rings. The molecular weight excluding hydrogens is 167 g/mol. The molecule has 1 heterocycles. The largest absolute Gasteiger partial charge is 0.325 e. The zero-order chi connectivity index (χ0) is 9.53. The third-order valence-corrected chi connectivity index (χ3v) is 3.55. The third-order valence-electron chi connectivity index (χ3n) is 3.55. The van der Waals surface area contributed by atoms with E-state index in [4.69, 9.17) is 5.73 Å². The summed E-state index contributed by atoms with van der Waals surface area (Å²) in [5.74, 6) is 0.539. The summed E-state index contributed by atoms with van der Waals surface area (Å²) in [6.07, 6.45) is 3.36. The van der Waals surface area contributed by atoms with Crippen molar-refractivity contribution in [3.05, 3.63) is 0 Å². The van der Waals surface area contributed by atoms with Crippen LogP contribution in [0.1, 0.15) is 32.6 Å². The molecular formula is C10H19FN2. The molecule has 0 unspecified atom stereocenters. The minimum Gasteiger partial charge on any atom is -0.325 e. The van der Waals surface area contributed by atoms with Crippen LogP contribution in [0.2, 0.25) is 0 Å². The average molecular weight is 186 g/mol. The van der Waals surface area contributed by atoms with Crippen LogP contribution in [0.15, 0.2) is 0 Å². The van der Waals surface area contributed by atoms with Gasteiger partial charge in [-0.05, 0) is 51.6 Å². The second-order valence-electron chi connectivity index (χ2n) is 5.02. The van der Waals surface area contributed by atoms with Crippen LogP contribution >= 0.6 is 0 Å². The van der Waals surface area contributed by atoms with Gasteiger partial charge < -0.3 is 11.1 Å². The van der Waals surface area contributed by atoms with Crippen molar-refractivity contribution in [2.75, 3.05) is 13.1 Å². The SMILES string of the molecule is CC1(F)CC(N)(C2CCNCC2)C1. The Bertz CT molecular complexity index is 189. The van der Waals surface area contributed by atoms with Gasteiger partial charge in [0.05, 0.1) is 0 Å². The van der Waals surface area contributed by atoms with E-state index in [1.165, 1.54) is 0 Å². The van der Waals surface area contributed by atoms with E-state index in [1.54, 1.807) is 6.92 Å². The first-order valence-corrected chi connectivity index (χ1v) is 5.20. The van der Waals surface area contributed by atoms with Crippen LogP contribution in [0.5, 0.6) is 0 Å². The van der Waals surface area contributed by atoms with E-state index in [2.05, 4.69) is 5.32 Å². The molecule has 0 bridgehead atoms. The molecule has 3 N–H and O–H groups in total. The zero-order valence-electron chi connectivity index (χ0n) is 8.28. The number of hydrogen-bond donors (Lipinski definition) is 2. The molecule has 1 aliphatic carbocycles. The summed E-state index contributed by atoms with van der Waals surface area (Å²) in [4.78, 5) is 0. The summed E-state index contributed by atoms with van der Waals surface area (Å²) >= 11 is 0. The van der Waals surface area contributed by atoms with Crippen molar-refractivity contribution in [1.82, 2.24) is 5.32 Å². The van der Waals surface area contributed by atoms with Crippen LogP contribution in [-0.2, 0) is 0 Å². The lowest BCUT2D eigenvalue weighted by Crippen LogP contribution is -2.64. The van der Waals surface area contributed by atoms with E-state index in [-0.39, 0.29) is 5.54 Å². The number of nitrogens with one attached hydrogen (secondary N) is 1. The zero-order valence-corrected chi connectivity index (χ0v) is 8.28. The summed E-state index contributed by atoms with van der Waals surface area (Å²) < 4.78 is 13.4. The highest BCUT2D eigenvalue weighted by Gasteiger charge is 2.53. The van der Waals surface area contributed by atoms with Gasteiger partial charge in [0.25, 0.3) is 0 Å². The summed E-state index contributed by atoms with van der Waals surface area (Å²) in [5, 5.41) is 3.31. The van der Waals surface area contributed by atoms with E-state index in [0.29, 0.717) is 18.8 Å². The predicted octanol–water partition coefficient (Wildman–Crippen LogP) is 1.21. The third kappa shape index (κ3) is 1.72. The van der Waals surface area contributed by atoms with Crippen molar-refractivity contribution in [2.45, 2.75) is 43.8 Å². The van der Waals surface area contributed by atoms with Crippen LogP contribution in [-0.4, -0.2) is 24.3 Å². The fraction of sp³-hybridized carbons (Fsp3) is 1.00. The number of hydrogen-bond acceptors (Lipinski definition) is 2. The molecule has 2 fully saturated rings. The fourth-order valence-corrected chi connectivity index (χ4v) is 3.01. The standard InChI is InChI=1S/C10H19FN2/c1-9(11)6-10(12,7-9)8-2-4-13-5-3-8/h8,13H,2-7,12H2,1H3. The lowest BCUT2D eigenvalue weighted by Gasteiger charge is -2.53.